The maximum absolute atomic E-state index is 12.4. The first-order chi connectivity index (χ1) is 8.20. The minimum atomic E-state index is -4.59. The van der Waals surface area contributed by atoms with Crippen LogP contribution in [0.15, 0.2) is 17.1 Å². The summed E-state index contributed by atoms with van der Waals surface area (Å²) in [6.45, 7) is 1.57. The number of hydrogen-bond acceptors (Lipinski definition) is 3. The number of carbonyl (C=O) groups excluding carboxylic acids is 1. The monoisotopic (exact) mass is 299 g/mol. The quantitative estimate of drug-likeness (QED) is 0.790. The standard InChI is InChI=1S/C10H12F3N3O2.ClH/c1-5(14)2-8(17)16-7-3-6(10(11,12)13)4-15-9(7)18;/h3-5H,2,14H2,1H3,(H,15,18)(H,16,17);1H. The van der Waals surface area contributed by atoms with E-state index in [2.05, 4.69) is 5.32 Å². The van der Waals surface area contributed by atoms with Crippen molar-refractivity contribution < 1.29 is 18.0 Å². The lowest BCUT2D eigenvalue weighted by molar-refractivity contribution is -0.137. The minimum Gasteiger partial charge on any atom is -0.327 e. The molecule has 0 saturated carbocycles. The summed E-state index contributed by atoms with van der Waals surface area (Å²) in [4.78, 5) is 24.5. The number of nitrogens with one attached hydrogen (secondary N) is 2. The van der Waals surface area contributed by atoms with Gasteiger partial charge >= 0.3 is 6.18 Å². The Balaban J connectivity index is 0.00000324. The summed E-state index contributed by atoms with van der Waals surface area (Å²) in [6, 6.07) is 0.132. The summed E-state index contributed by atoms with van der Waals surface area (Å²) >= 11 is 0. The van der Waals surface area contributed by atoms with Crippen LogP contribution in [0.2, 0.25) is 0 Å². The Morgan fingerprint density at radius 2 is 2.11 bits per heavy atom. The van der Waals surface area contributed by atoms with Crippen molar-refractivity contribution in [2.24, 2.45) is 5.73 Å². The topological polar surface area (TPSA) is 88.0 Å². The number of nitrogens with two attached hydrogens (primary N) is 1. The number of alkyl halides is 3. The van der Waals surface area contributed by atoms with Crippen LogP contribution in [0, 0.1) is 0 Å². The van der Waals surface area contributed by atoms with Gasteiger partial charge in [0, 0.05) is 18.7 Å². The molecule has 0 aliphatic carbocycles. The van der Waals surface area contributed by atoms with Crippen LogP contribution in [-0.4, -0.2) is 16.9 Å². The number of aromatic amines is 1. The zero-order valence-electron chi connectivity index (χ0n) is 9.88. The van der Waals surface area contributed by atoms with Gasteiger partial charge in [0.1, 0.15) is 5.69 Å². The number of carbonyl (C=O) groups is 1. The molecule has 0 radical (unpaired) electrons. The molecule has 1 unspecified atom stereocenters. The molecule has 19 heavy (non-hydrogen) atoms. The van der Waals surface area contributed by atoms with Gasteiger partial charge in [0.2, 0.25) is 5.91 Å². The molecule has 1 atom stereocenters. The van der Waals surface area contributed by atoms with Gasteiger partial charge in [0.05, 0.1) is 5.56 Å². The minimum absolute atomic E-state index is 0. The summed E-state index contributed by atoms with van der Waals surface area (Å²) in [5.74, 6) is -0.616. The first-order valence-electron chi connectivity index (χ1n) is 5.05. The Morgan fingerprint density at radius 3 is 2.58 bits per heavy atom. The zero-order valence-corrected chi connectivity index (χ0v) is 10.7. The van der Waals surface area contributed by atoms with Gasteiger partial charge in [-0.3, -0.25) is 9.59 Å². The van der Waals surface area contributed by atoms with Crippen LogP contribution < -0.4 is 16.6 Å². The van der Waals surface area contributed by atoms with Crippen molar-refractivity contribution in [1.82, 2.24) is 4.98 Å². The van der Waals surface area contributed by atoms with E-state index in [1.165, 1.54) is 0 Å². The summed E-state index contributed by atoms with van der Waals surface area (Å²) in [6.07, 6.45) is -4.13. The van der Waals surface area contributed by atoms with Crippen molar-refractivity contribution in [3.63, 3.8) is 0 Å². The molecule has 1 heterocycles. The molecule has 1 amide bonds. The summed E-state index contributed by atoms with van der Waals surface area (Å²) < 4.78 is 37.2. The predicted molar refractivity (Wildman–Crippen MR) is 66.2 cm³/mol. The van der Waals surface area contributed by atoms with Gasteiger partial charge in [-0.1, -0.05) is 0 Å². The lowest BCUT2D eigenvalue weighted by atomic mass is 10.2. The highest BCUT2D eigenvalue weighted by molar-refractivity contribution is 5.90. The summed E-state index contributed by atoms with van der Waals surface area (Å²) in [7, 11) is 0. The van der Waals surface area contributed by atoms with Gasteiger partial charge in [-0.2, -0.15) is 13.2 Å². The zero-order chi connectivity index (χ0) is 13.9. The van der Waals surface area contributed by atoms with Gasteiger partial charge < -0.3 is 16.0 Å². The van der Waals surface area contributed by atoms with E-state index in [-0.39, 0.29) is 18.8 Å². The maximum Gasteiger partial charge on any atom is 0.417 e. The average Bonchev–Trinajstić information content (AvgIpc) is 2.18. The van der Waals surface area contributed by atoms with Crippen LogP contribution in [0.4, 0.5) is 18.9 Å². The van der Waals surface area contributed by atoms with Gasteiger partial charge in [0.15, 0.2) is 0 Å². The van der Waals surface area contributed by atoms with Crippen LogP contribution in [-0.2, 0) is 11.0 Å². The maximum atomic E-state index is 12.4. The second-order valence-electron chi connectivity index (χ2n) is 3.86. The lowest BCUT2D eigenvalue weighted by Crippen LogP contribution is -2.27. The van der Waals surface area contributed by atoms with E-state index in [1.54, 1.807) is 6.92 Å². The first kappa shape index (κ1) is 17.5. The number of H-pyrrole nitrogens is 1. The van der Waals surface area contributed by atoms with Crippen LogP contribution in [0.1, 0.15) is 18.9 Å². The number of halogens is 4. The molecular weight excluding hydrogens is 287 g/mol. The van der Waals surface area contributed by atoms with Crippen molar-refractivity contribution in [3.8, 4) is 0 Å². The molecule has 1 aromatic rings. The molecule has 0 aliphatic heterocycles. The molecule has 0 aromatic carbocycles. The highest BCUT2D eigenvalue weighted by Crippen LogP contribution is 2.29. The van der Waals surface area contributed by atoms with Crippen LogP contribution in [0.3, 0.4) is 0 Å². The Kier molecular flexibility index (Phi) is 6.04. The SMILES string of the molecule is CC(N)CC(=O)Nc1cc(C(F)(F)F)c[nH]c1=O.Cl. The van der Waals surface area contributed by atoms with Crippen molar-refractivity contribution in [2.45, 2.75) is 25.6 Å². The van der Waals surface area contributed by atoms with E-state index >= 15 is 0 Å². The second kappa shape index (κ2) is 6.58. The first-order valence-corrected chi connectivity index (χ1v) is 5.05. The fourth-order valence-electron chi connectivity index (χ4n) is 1.23. The van der Waals surface area contributed by atoms with Crippen LogP contribution in [0.25, 0.3) is 0 Å². The van der Waals surface area contributed by atoms with Crippen LogP contribution >= 0.6 is 12.4 Å². The van der Waals surface area contributed by atoms with Crippen molar-refractivity contribution in [1.29, 1.82) is 0 Å². The molecule has 0 spiro atoms. The van der Waals surface area contributed by atoms with Gasteiger partial charge in [-0.15, -0.1) is 12.4 Å². The summed E-state index contributed by atoms with van der Waals surface area (Å²) in [5.41, 5.74) is 3.06. The molecule has 0 bridgehead atoms. The third-order valence-corrected chi connectivity index (χ3v) is 2.01. The number of amides is 1. The van der Waals surface area contributed by atoms with E-state index in [9.17, 15) is 22.8 Å². The second-order valence-corrected chi connectivity index (χ2v) is 3.86. The molecule has 4 N–H and O–H groups in total. The van der Waals surface area contributed by atoms with E-state index < -0.39 is 34.9 Å². The molecule has 0 aliphatic rings. The number of anilines is 1. The van der Waals surface area contributed by atoms with E-state index in [0.717, 1.165) is 0 Å². The molecule has 1 aromatic heterocycles. The summed E-state index contributed by atoms with van der Waals surface area (Å²) in [5, 5.41) is 2.09. The fraction of sp³-hybridized carbons (Fsp3) is 0.400. The average molecular weight is 300 g/mol. The molecular formula is C10H13ClF3N3O2. The molecule has 0 fully saturated rings. The Morgan fingerprint density at radius 1 is 1.53 bits per heavy atom. The van der Waals surface area contributed by atoms with Crippen LogP contribution in [0.5, 0.6) is 0 Å². The van der Waals surface area contributed by atoms with Crippen molar-refractivity contribution >= 4 is 24.0 Å². The molecule has 108 valence electrons. The van der Waals surface area contributed by atoms with E-state index in [4.69, 9.17) is 5.73 Å². The normalized spacial score (nSPS) is 12.5. The smallest absolute Gasteiger partial charge is 0.327 e. The van der Waals surface area contributed by atoms with E-state index in [1.807, 2.05) is 4.98 Å². The predicted octanol–water partition coefficient (Wildman–Crippen LogP) is 1.49. The Labute approximate surface area is 112 Å². The fourth-order valence-corrected chi connectivity index (χ4v) is 1.23. The Bertz CT molecular complexity index is 500. The third-order valence-electron chi connectivity index (χ3n) is 2.01. The molecule has 9 heteroatoms. The molecule has 1 rings (SSSR count). The Hall–Kier alpha value is -1.54. The number of pyridine rings is 1. The number of rotatable bonds is 3. The number of hydrogen-bond donors (Lipinski definition) is 3. The van der Waals surface area contributed by atoms with Crippen molar-refractivity contribution in [2.75, 3.05) is 5.32 Å². The van der Waals surface area contributed by atoms with E-state index in [0.29, 0.717) is 12.3 Å². The van der Waals surface area contributed by atoms with Gasteiger partial charge in [0.25, 0.3) is 5.56 Å². The number of aromatic nitrogens is 1. The van der Waals surface area contributed by atoms with Gasteiger partial charge in [-0.25, -0.2) is 0 Å². The highest BCUT2D eigenvalue weighted by atomic mass is 35.5. The molecule has 5 nitrogen and oxygen atoms in total. The van der Waals surface area contributed by atoms with Gasteiger partial charge in [-0.05, 0) is 13.0 Å². The third kappa shape index (κ3) is 5.31. The molecule has 0 saturated heterocycles. The largest absolute Gasteiger partial charge is 0.417 e. The lowest BCUT2D eigenvalue weighted by Gasteiger charge is -2.09. The van der Waals surface area contributed by atoms with Crippen molar-refractivity contribution in [3.05, 3.63) is 28.2 Å². The highest BCUT2D eigenvalue weighted by Gasteiger charge is 2.31.